The molecule has 0 fully saturated rings. The molecule has 110 valence electrons. The molecule has 1 atom stereocenters. The summed E-state index contributed by atoms with van der Waals surface area (Å²) in [6, 6.07) is 2.48. The summed E-state index contributed by atoms with van der Waals surface area (Å²) >= 11 is 0. The summed E-state index contributed by atoms with van der Waals surface area (Å²) in [6.45, 7) is 0.873. The number of halogens is 3. The standard InChI is InChI=1S/C11H11F3N2O4/c1-2-20-9(18)10(19,11(12,13)14)16-8(17)7-4-3-5-15-6-7/h3-6,19H,2H2,1H3,(H,16,17)/t10-/m0/s1. The van der Waals surface area contributed by atoms with Crippen molar-refractivity contribution in [1.29, 1.82) is 0 Å². The Hall–Kier alpha value is -2.16. The lowest BCUT2D eigenvalue weighted by Crippen LogP contribution is -2.64. The van der Waals surface area contributed by atoms with E-state index in [1.807, 2.05) is 0 Å². The lowest BCUT2D eigenvalue weighted by molar-refractivity contribution is -0.269. The Morgan fingerprint density at radius 3 is 2.55 bits per heavy atom. The van der Waals surface area contributed by atoms with Gasteiger partial charge in [0, 0.05) is 12.4 Å². The van der Waals surface area contributed by atoms with Gasteiger partial charge >= 0.3 is 17.9 Å². The van der Waals surface area contributed by atoms with Crippen LogP contribution in [-0.4, -0.2) is 40.5 Å². The van der Waals surface area contributed by atoms with Crippen molar-refractivity contribution in [3.8, 4) is 0 Å². The first-order valence-corrected chi connectivity index (χ1v) is 5.41. The molecule has 1 rings (SSSR count). The molecular weight excluding hydrogens is 281 g/mol. The van der Waals surface area contributed by atoms with E-state index in [-0.39, 0.29) is 12.2 Å². The van der Waals surface area contributed by atoms with E-state index in [1.54, 1.807) is 0 Å². The number of carbonyl (C=O) groups excluding carboxylic acids is 2. The zero-order chi connectivity index (χ0) is 15.4. The molecule has 1 amide bonds. The third-order valence-electron chi connectivity index (χ3n) is 2.20. The van der Waals surface area contributed by atoms with E-state index >= 15 is 0 Å². The molecule has 0 unspecified atom stereocenters. The van der Waals surface area contributed by atoms with Gasteiger partial charge < -0.3 is 15.2 Å². The maximum Gasteiger partial charge on any atom is 0.448 e. The van der Waals surface area contributed by atoms with Gasteiger partial charge in [0.25, 0.3) is 5.91 Å². The van der Waals surface area contributed by atoms with Crippen LogP contribution in [0, 0.1) is 0 Å². The van der Waals surface area contributed by atoms with Crippen molar-refractivity contribution in [1.82, 2.24) is 10.3 Å². The molecule has 0 saturated carbocycles. The van der Waals surface area contributed by atoms with E-state index in [0.717, 1.165) is 6.20 Å². The molecule has 0 aliphatic heterocycles. The van der Waals surface area contributed by atoms with Crippen LogP contribution in [0.15, 0.2) is 24.5 Å². The average Bonchev–Trinajstić information content (AvgIpc) is 2.38. The second kappa shape index (κ2) is 5.87. The number of amides is 1. The van der Waals surface area contributed by atoms with Gasteiger partial charge in [0.15, 0.2) is 0 Å². The van der Waals surface area contributed by atoms with E-state index in [1.165, 1.54) is 30.6 Å². The topological polar surface area (TPSA) is 88.5 Å². The number of aliphatic hydroxyl groups is 1. The molecule has 0 aliphatic rings. The van der Waals surface area contributed by atoms with Crippen LogP contribution in [0.2, 0.25) is 0 Å². The molecule has 0 spiro atoms. The van der Waals surface area contributed by atoms with Crippen molar-refractivity contribution in [2.45, 2.75) is 18.8 Å². The number of hydrogen-bond donors (Lipinski definition) is 2. The van der Waals surface area contributed by atoms with E-state index in [2.05, 4.69) is 9.72 Å². The maximum atomic E-state index is 12.8. The predicted molar refractivity (Wildman–Crippen MR) is 59.3 cm³/mol. The lowest BCUT2D eigenvalue weighted by atomic mass is 10.2. The van der Waals surface area contributed by atoms with Crippen molar-refractivity contribution in [3.05, 3.63) is 30.1 Å². The largest absolute Gasteiger partial charge is 0.462 e. The second-order valence-corrected chi connectivity index (χ2v) is 3.62. The molecule has 1 heterocycles. The Kier molecular flexibility index (Phi) is 4.66. The minimum absolute atomic E-state index is 0.250. The van der Waals surface area contributed by atoms with E-state index in [4.69, 9.17) is 0 Å². The number of pyridine rings is 1. The first-order valence-electron chi connectivity index (χ1n) is 5.41. The zero-order valence-corrected chi connectivity index (χ0v) is 10.3. The predicted octanol–water partition coefficient (Wildman–Crippen LogP) is 0.625. The number of alkyl halides is 3. The van der Waals surface area contributed by atoms with Crippen molar-refractivity contribution in [3.63, 3.8) is 0 Å². The highest BCUT2D eigenvalue weighted by atomic mass is 19.4. The number of rotatable bonds is 4. The van der Waals surface area contributed by atoms with Crippen LogP contribution in [0.3, 0.4) is 0 Å². The monoisotopic (exact) mass is 292 g/mol. The summed E-state index contributed by atoms with van der Waals surface area (Å²) in [4.78, 5) is 26.4. The van der Waals surface area contributed by atoms with Crippen LogP contribution in [0.1, 0.15) is 17.3 Å². The van der Waals surface area contributed by atoms with Gasteiger partial charge in [-0.2, -0.15) is 13.2 Å². The maximum absolute atomic E-state index is 12.8. The third kappa shape index (κ3) is 3.23. The van der Waals surface area contributed by atoms with Gasteiger partial charge in [0.05, 0.1) is 12.2 Å². The zero-order valence-electron chi connectivity index (χ0n) is 10.3. The SMILES string of the molecule is CCOC(=O)[C@@](O)(NC(=O)c1cccnc1)C(F)(F)F. The van der Waals surface area contributed by atoms with E-state index in [9.17, 15) is 27.9 Å². The Labute approximate surface area is 111 Å². The smallest absolute Gasteiger partial charge is 0.448 e. The van der Waals surface area contributed by atoms with Crippen LogP contribution in [0.4, 0.5) is 13.2 Å². The second-order valence-electron chi connectivity index (χ2n) is 3.62. The van der Waals surface area contributed by atoms with E-state index < -0.39 is 23.8 Å². The molecule has 0 aromatic carbocycles. The van der Waals surface area contributed by atoms with Gasteiger partial charge in [-0.3, -0.25) is 9.78 Å². The minimum atomic E-state index is -5.43. The Morgan fingerprint density at radius 1 is 1.45 bits per heavy atom. The fourth-order valence-electron chi connectivity index (χ4n) is 1.21. The minimum Gasteiger partial charge on any atom is -0.462 e. The fraction of sp³-hybridized carbons (Fsp3) is 0.364. The highest BCUT2D eigenvalue weighted by Crippen LogP contribution is 2.29. The summed E-state index contributed by atoms with van der Waals surface area (Å²) in [5, 5.41) is 10.6. The molecule has 0 radical (unpaired) electrons. The summed E-state index contributed by atoms with van der Waals surface area (Å²) in [7, 11) is 0. The van der Waals surface area contributed by atoms with Crippen LogP contribution in [0.25, 0.3) is 0 Å². The van der Waals surface area contributed by atoms with Gasteiger partial charge in [-0.15, -0.1) is 0 Å². The van der Waals surface area contributed by atoms with Gasteiger partial charge in [0.1, 0.15) is 0 Å². The molecule has 9 heteroatoms. The molecule has 0 saturated heterocycles. The van der Waals surface area contributed by atoms with Gasteiger partial charge in [-0.1, -0.05) is 0 Å². The van der Waals surface area contributed by atoms with Crippen LogP contribution in [-0.2, 0) is 9.53 Å². The number of carbonyl (C=O) groups is 2. The summed E-state index contributed by atoms with van der Waals surface area (Å²) in [6.07, 6.45) is -3.15. The normalized spacial score (nSPS) is 14.2. The van der Waals surface area contributed by atoms with Crippen LogP contribution < -0.4 is 5.32 Å². The number of nitrogens with one attached hydrogen (secondary N) is 1. The number of hydrogen-bond acceptors (Lipinski definition) is 5. The summed E-state index contributed by atoms with van der Waals surface area (Å²) in [5.74, 6) is -3.32. The molecule has 6 nitrogen and oxygen atoms in total. The van der Waals surface area contributed by atoms with Crippen LogP contribution >= 0.6 is 0 Å². The highest BCUT2D eigenvalue weighted by Gasteiger charge is 2.62. The highest BCUT2D eigenvalue weighted by molar-refractivity contribution is 5.97. The molecular formula is C11H11F3N2O4. The molecule has 0 aliphatic carbocycles. The Balaban J connectivity index is 3.03. The molecule has 0 bridgehead atoms. The van der Waals surface area contributed by atoms with E-state index in [0.29, 0.717) is 0 Å². The lowest BCUT2D eigenvalue weighted by Gasteiger charge is -2.28. The average molecular weight is 292 g/mol. The number of nitrogens with zero attached hydrogens (tertiary/aromatic N) is 1. The molecule has 2 N–H and O–H groups in total. The fourth-order valence-corrected chi connectivity index (χ4v) is 1.21. The Bertz CT molecular complexity index is 492. The van der Waals surface area contributed by atoms with Gasteiger partial charge in [-0.05, 0) is 19.1 Å². The van der Waals surface area contributed by atoms with Crippen LogP contribution in [0.5, 0.6) is 0 Å². The summed E-state index contributed by atoms with van der Waals surface area (Å²) < 4.78 is 42.4. The van der Waals surface area contributed by atoms with Crippen molar-refractivity contribution in [2.24, 2.45) is 0 Å². The van der Waals surface area contributed by atoms with Gasteiger partial charge in [0.2, 0.25) is 0 Å². The molecule has 1 aromatic heterocycles. The Morgan fingerprint density at radius 2 is 2.10 bits per heavy atom. The van der Waals surface area contributed by atoms with Gasteiger partial charge in [-0.25, -0.2) is 4.79 Å². The number of esters is 1. The van der Waals surface area contributed by atoms with Crippen molar-refractivity contribution < 1.29 is 32.6 Å². The first kappa shape index (κ1) is 15.9. The first-order chi connectivity index (χ1) is 9.22. The van der Waals surface area contributed by atoms with Crippen molar-refractivity contribution in [2.75, 3.05) is 6.61 Å². The summed E-state index contributed by atoms with van der Waals surface area (Å²) in [5.41, 5.74) is -4.37. The third-order valence-corrected chi connectivity index (χ3v) is 2.20. The molecule has 20 heavy (non-hydrogen) atoms. The number of aromatic nitrogens is 1. The molecule has 1 aromatic rings. The number of ether oxygens (including phenoxy) is 1. The van der Waals surface area contributed by atoms with Crippen molar-refractivity contribution >= 4 is 11.9 Å². The quantitative estimate of drug-likeness (QED) is 0.627.